The maximum absolute atomic E-state index is 12.4. The molecule has 336 valence electrons. The monoisotopic (exact) mass is 804 g/mol. The number of aliphatic hydroxyl groups excluding tert-OH is 2. The SMILES string of the molecule is CCCCCCCCCC/C=C/C(O)C(CO)NC(=O)CCCCCCCCC/C=C\CCCCCCOC(=O)CCCCCCCCCCCCCCCCC. The van der Waals surface area contributed by atoms with Crippen LogP contribution in [0.25, 0.3) is 0 Å². The molecule has 6 heteroatoms. The minimum absolute atomic E-state index is 0.00903. The van der Waals surface area contributed by atoms with E-state index in [-0.39, 0.29) is 18.5 Å². The fraction of sp³-hybridized carbons (Fsp3) is 0.882. The van der Waals surface area contributed by atoms with Gasteiger partial charge in [-0.2, -0.15) is 0 Å². The summed E-state index contributed by atoms with van der Waals surface area (Å²) in [7, 11) is 0. The van der Waals surface area contributed by atoms with E-state index in [4.69, 9.17) is 4.74 Å². The second-order valence-electron chi connectivity index (χ2n) is 17.1. The van der Waals surface area contributed by atoms with Crippen molar-refractivity contribution in [3.05, 3.63) is 24.3 Å². The average Bonchev–Trinajstić information content (AvgIpc) is 3.21. The van der Waals surface area contributed by atoms with Crippen LogP contribution in [0.4, 0.5) is 0 Å². The van der Waals surface area contributed by atoms with E-state index >= 15 is 0 Å². The first-order valence-corrected chi connectivity index (χ1v) is 25.1. The van der Waals surface area contributed by atoms with Crippen LogP contribution >= 0.6 is 0 Å². The number of esters is 1. The van der Waals surface area contributed by atoms with Crippen LogP contribution in [0, 0.1) is 0 Å². The fourth-order valence-corrected chi connectivity index (χ4v) is 7.57. The van der Waals surface area contributed by atoms with Gasteiger partial charge in [-0.15, -0.1) is 0 Å². The van der Waals surface area contributed by atoms with Crippen molar-refractivity contribution < 1.29 is 24.5 Å². The molecule has 0 fully saturated rings. The Bertz CT molecular complexity index is 889. The number of carbonyl (C=O) groups excluding carboxylic acids is 2. The van der Waals surface area contributed by atoms with Crippen molar-refractivity contribution in [3.8, 4) is 0 Å². The molecule has 3 N–H and O–H groups in total. The molecule has 0 spiro atoms. The second kappa shape index (κ2) is 47.0. The number of aliphatic hydroxyl groups is 2. The molecule has 6 nitrogen and oxygen atoms in total. The van der Waals surface area contributed by atoms with E-state index in [2.05, 4.69) is 31.3 Å². The van der Waals surface area contributed by atoms with Crippen LogP contribution in [0.5, 0.6) is 0 Å². The van der Waals surface area contributed by atoms with E-state index in [9.17, 15) is 19.8 Å². The summed E-state index contributed by atoms with van der Waals surface area (Å²) < 4.78 is 5.45. The summed E-state index contributed by atoms with van der Waals surface area (Å²) >= 11 is 0. The summed E-state index contributed by atoms with van der Waals surface area (Å²) in [6.45, 7) is 4.85. The number of allylic oxidation sites excluding steroid dienone is 3. The molecular weight excluding hydrogens is 707 g/mol. The third-order valence-corrected chi connectivity index (χ3v) is 11.5. The minimum Gasteiger partial charge on any atom is -0.466 e. The van der Waals surface area contributed by atoms with Crippen molar-refractivity contribution in [3.63, 3.8) is 0 Å². The lowest BCUT2D eigenvalue weighted by atomic mass is 10.0. The van der Waals surface area contributed by atoms with Crippen LogP contribution in [0.3, 0.4) is 0 Å². The summed E-state index contributed by atoms with van der Waals surface area (Å²) in [4.78, 5) is 24.4. The van der Waals surface area contributed by atoms with Gasteiger partial charge in [0.2, 0.25) is 5.91 Å². The van der Waals surface area contributed by atoms with Gasteiger partial charge in [0, 0.05) is 12.8 Å². The fourth-order valence-electron chi connectivity index (χ4n) is 7.57. The lowest BCUT2D eigenvalue weighted by Gasteiger charge is -2.20. The number of unbranched alkanes of at least 4 members (excludes halogenated alkanes) is 33. The smallest absolute Gasteiger partial charge is 0.305 e. The third-order valence-electron chi connectivity index (χ3n) is 11.5. The Morgan fingerprint density at radius 2 is 0.825 bits per heavy atom. The van der Waals surface area contributed by atoms with Crippen molar-refractivity contribution in [1.29, 1.82) is 0 Å². The van der Waals surface area contributed by atoms with Gasteiger partial charge in [0.1, 0.15) is 0 Å². The Morgan fingerprint density at radius 1 is 0.474 bits per heavy atom. The van der Waals surface area contributed by atoms with Crippen LogP contribution in [-0.4, -0.2) is 47.4 Å². The molecule has 0 heterocycles. The average molecular weight is 804 g/mol. The van der Waals surface area contributed by atoms with Gasteiger partial charge in [0.15, 0.2) is 0 Å². The Hall–Kier alpha value is -1.66. The molecule has 0 rings (SSSR count). The third kappa shape index (κ3) is 43.7. The summed E-state index contributed by atoms with van der Waals surface area (Å²) in [6.07, 6.45) is 54.6. The van der Waals surface area contributed by atoms with Crippen LogP contribution in [-0.2, 0) is 14.3 Å². The molecule has 57 heavy (non-hydrogen) atoms. The van der Waals surface area contributed by atoms with E-state index in [1.165, 1.54) is 167 Å². The van der Waals surface area contributed by atoms with Crippen molar-refractivity contribution in [1.82, 2.24) is 5.32 Å². The first kappa shape index (κ1) is 55.3. The Kier molecular flexibility index (Phi) is 45.7. The van der Waals surface area contributed by atoms with Gasteiger partial charge in [-0.05, 0) is 57.8 Å². The topological polar surface area (TPSA) is 95.9 Å². The van der Waals surface area contributed by atoms with Crippen LogP contribution in [0.1, 0.15) is 264 Å². The number of amides is 1. The highest BCUT2D eigenvalue weighted by atomic mass is 16.5. The highest BCUT2D eigenvalue weighted by Gasteiger charge is 2.18. The first-order valence-electron chi connectivity index (χ1n) is 25.1. The lowest BCUT2D eigenvalue weighted by Crippen LogP contribution is -2.45. The summed E-state index contributed by atoms with van der Waals surface area (Å²) in [5.74, 6) is -0.0944. The first-order chi connectivity index (χ1) is 28.0. The standard InChI is InChI=1S/C51H97NO5/c1-3-5-7-9-11-13-15-16-18-22-25-29-33-37-41-45-51(56)57-46-42-38-34-30-26-23-20-17-19-21-24-28-32-36-40-44-50(55)52-48(47-53)49(54)43-39-35-31-27-14-12-10-8-6-4-2/h20,23,39,43,48-49,53-54H,3-19,21-22,24-38,40-42,44-47H2,1-2H3,(H,52,55)/b23-20-,43-39+. The van der Waals surface area contributed by atoms with Crippen molar-refractivity contribution >= 4 is 11.9 Å². The number of hydrogen-bond donors (Lipinski definition) is 3. The summed E-state index contributed by atoms with van der Waals surface area (Å²) in [5, 5.41) is 22.9. The van der Waals surface area contributed by atoms with Gasteiger partial charge in [0.25, 0.3) is 0 Å². The minimum atomic E-state index is -0.851. The highest BCUT2D eigenvalue weighted by molar-refractivity contribution is 5.76. The zero-order valence-electron chi connectivity index (χ0n) is 38.1. The molecule has 0 aliphatic carbocycles. The zero-order valence-corrected chi connectivity index (χ0v) is 38.1. The number of carbonyl (C=O) groups is 2. The van der Waals surface area contributed by atoms with E-state index in [0.717, 1.165) is 70.6 Å². The molecular formula is C51H97NO5. The van der Waals surface area contributed by atoms with Crippen molar-refractivity contribution in [2.75, 3.05) is 13.2 Å². The molecule has 0 radical (unpaired) electrons. The quantitative estimate of drug-likeness (QED) is 0.0324. The normalized spacial score (nSPS) is 12.8. The van der Waals surface area contributed by atoms with E-state index < -0.39 is 12.1 Å². The Morgan fingerprint density at radius 3 is 1.25 bits per heavy atom. The number of nitrogens with one attached hydrogen (secondary N) is 1. The summed E-state index contributed by atoms with van der Waals surface area (Å²) in [6, 6.07) is -0.636. The van der Waals surface area contributed by atoms with Gasteiger partial charge in [0.05, 0.1) is 25.4 Å². The van der Waals surface area contributed by atoms with Crippen LogP contribution < -0.4 is 5.32 Å². The predicted molar refractivity (Wildman–Crippen MR) is 246 cm³/mol. The van der Waals surface area contributed by atoms with E-state index in [1.54, 1.807) is 6.08 Å². The van der Waals surface area contributed by atoms with E-state index in [0.29, 0.717) is 19.4 Å². The van der Waals surface area contributed by atoms with Gasteiger partial charge in [-0.1, -0.05) is 218 Å². The molecule has 2 atom stereocenters. The van der Waals surface area contributed by atoms with E-state index in [1.807, 2.05) is 6.08 Å². The van der Waals surface area contributed by atoms with Gasteiger partial charge in [-0.3, -0.25) is 9.59 Å². The Balaban J connectivity index is 3.47. The number of ether oxygens (including phenoxy) is 1. The van der Waals surface area contributed by atoms with Gasteiger partial charge in [-0.25, -0.2) is 0 Å². The number of rotatable bonds is 46. The summed E-state index contributed by atoms with van der Waals surface area (Å²) in [5.41, 5.74) is 0. The molecule has 0 aliphatic rings. The number of hydrogen-bond acceptors (Lipinski definition) is 5. The highest BCUT2D eigenvalue weighted by Crippen LogP contribution is 2.15. The molecule has 1 amide bonds. The molecule has 0 aliphatic heterocycles. The van der Waals surface area contributed by atoms with Crippen molar-refractivity contribution in [2.24, 2.45) is 0 Å². The molecule has 0 bridgehead atoms. The largest absolute Gasteiger partial charge is 0.466 e. The molecule has 2 unspecified atom stereocenters. The molecule has 0 aromatic heterocycles. The molecule has 0 saturated carbocycles. The zero-order chi connectivity index (χ0) is 41.5. The van der Waals surface area contributed by atoms with Gasteiger partial charge >= 0.3 is 5.97 Å². The van der Waals surface area contributed by atoms with Crippen LogP contribution in [0.2, 0.25) is 0 Å². The Labute approximate surface area is 354 Å². The van der Waals surface area contributed by atoms with Crippen LogP contribution in [0.15, 0.2) is 24.3 Å². The predicted octanol–water partition coefficient (Wildman–Crippen LogP) is 14.7. The van der Waals surface area contributed by atoms with Gasteiger partial charge < -0.3 is 20.3 Å². The molecule has 0 saturated heterocycles. The maximum atomic E-state index is 12.4. The second-order valence-corrected chi connectivity index (χ2v) is 17.1. The van der Waals surface area contributed by atoms with Crippen molar-refractivity contribution in [2.45, 2.75) is 276 Å². The molecule has 0 aromatic carbocycles. The molecule has 0 aromatic rings. The maximum Gasteiger partial charge on any atom is 0.305 e. The lowest BCUT2D eigenvalue weighted by molar-refractivity contribution is -0.143.